The van der Waals surface area contributed by atoms with E-state index < -0.39 is 54.6 Å². The predicted octanol–water partition coefficient (Wildman–Crippen LogP) is 0.0920. The molecule has 0 unspecified atom stereocenters. The first-order valence-corrected chi connectivity index (χ1v) is 9.42. The number of carbonyl (C=O) groups is 1. The maximum absolute atomic E-state index is 12.8. The minimum absolute atomic E-state index is 0.0351. The zero-order valence-corrected chi connectivity index (χ0v) is 16.0. The van der Waals surface area contributed by atoms with Gasteiger partial charge in [0.25, 0.3) is 0 Å². The molecule has 0 aliphatic carbocycles. The molecule has 0 bridgehead atoms. The van der Waals surface area contributed by atoms with Crippen LogP contribution in [0.2, 0.25) is 0 Å². The van der Waals surface area contributed by atoms with E-state index in [1.807, 2.05) is 30.3 Å². The van der Waals surface area contributed by atoms with Crippen molar-refractivity contribution in [1.29, 1.82) is 0 Å². The Morgan fingerprint density at radius 1 is 1.00 bits per heavy atom. The summed E-state index contributed by atoms with van der Waals surface area (Å²) in [5, 5.41) is 59.3. The van der Waals surface area contributed by atoms with Crippen molar-refractivity contribution in [1.82, 2.24) is 0 Å². The second-order valence-corrected chi connectivity index (χ2v) is 7.06. The highest BCUT2D eigenvalue weighted by molar-refractivity contribution is 6.01. The van der Waals surface area contributed by atoms with Crippen LogP contribution in [-0.4, -0.2) is 73.7 Å². The lowest BCUT2D eigenvalue weighted by atomic mass is 9.99. The zero-order valence-electron chi connectivity index (χ0n) is 16.0. The molecule has 2 aromatic carbocycles. The summed E-state index contributed by atoms with van der Waals surface area (Å²) in [4.78, 5) is 12.8. The van der Waals surface area contributed by atoms with Gasteiger partial charge in [0.2, 0.25) is 6.29 Å². The summed E-state index contributed by atoms with van der Waals surface area (Å²) in [7, 11) is 0. The van der Waals surface area contributed by atoms with Gasteiger partial charge in [0.15, 0.2) is 5.78 Å². The van der Waals surface area contributed by atoms with Crippen LogP contribution in [0.1, 0.15) is 22.3 Å². The lowest BCUT2D eigenvalue weighted by Gasteiger charge is -2.39. The maximum Gasteiger partial charge on any atom is 0.229 e. The van der Waals surface area contributed by atoms with E-state index in [1.54, 1.807) is 0 Å². The van der Waals surface area contributed by atoms with Crippen LogP contribution >= 0.6 is 0 Å². The summed E-state index contributed by atoms with van der Waals surface area (Å²) in [5.74, 6) is -1.66. The standard InChI is InChI=1S/C21H24O9/c22-10-16-18(26)19(27)20(28)21(30-16)29-15-9-12(23)8-14(25)17(15)13(24)7-6-11-4-2-1-3-5-11/h1-5,8-9,16,18-23,25-28H,6-7,10H2/t16-,18-,19-,20-,21+/m1/s1. The highest BCUT2D eigenvalue weighted by Gasteiger charge is 2.45. The summed E-state index contributed by atoms with van der Waals surface area (Å²) >= 11 is 0. The number of hydrogen-bond donors (Lipinski definition) is 6. The number of benzene rings is 2. The number of phenolic OH excluding ortho intramolecular Hbond substituents is 2. The van der Waals surface area contributed by atoms with E-state index in [1.165, 1.54) is 0 Å². The van der Waals surface area contributed by atoms with E-state index in [0.717, 1.165) is 17.7 Å². The lowest BCUT2D eigenvalue weighted by Crippen LogP contribution is -2.60. The first-order valence-electron chi connectivity index (χ1n) is 9.42. The summed E-state index contributed by atoms with van der Waals surface area (Å²) in [6.07, 6.45) is -7.30. The Morgan fingerprint density at radius 2 is 1.70 bits per heavy atom. The van der Waals surface area contributed by atoms with Crippen LogP contribution in [0.25, 0.3) is 0 Å². The topological polar surface area (TPSA) is 157 Å². The monoisotopic (exact) mass is 420 g/mol. The zero-order chi connectivity index (χ0) is 21.8. The van der Waals surface area contributed by atoms with Gasteiger partial charge >= 0.3 is 0 Å². The molecule has 9 nitrogen and oxygen atoms in total. The van der Waals surface area contributed by atoms with E-state index in [2.05, 4.69) is 0 Å². The quantitative estimate of drug-likeness (QED) is 0.342. The molecule has 1 saturated heterocycles. The van der Waals surface area contributed by atoms with Crippen molar-refractivity contribution in [2.75, 3.05) is 6.61 Å². The molecule has 0 amide bonds. The van der Waals surface area contributed by atoms with Gasteiger partial charge in [0, 0.05) is 18.6 Å². The normalized spacial score (nSPS) is 26.3. The van der Waals surface area contributed by atoms with Gasteiger partial charge in [-0.15, -0.1) is 0 Å². The fourth-order valence-corrected chi connectivity index (χ4v) is 3.28. The number of rotatable bonds is 7. The van der Waals surface area contributed by atoms with E-state index in [9.17, 15) is 35.4 Å². The van der Waals surface area contributed by atoms with Crippen molar-refractivity contribution in [3.05, 3.63) is 53.6 Å². The summed E-state index contributed by atoms with van der Waals surface area (Å²) in [5.41, 5.74) is 0.696. The number of ketones is 1. The Balaban J connectivity index is 1.83. The third kappa shape index (κ3) is 4.72. The highest BCUT2D eigenvalue weighted by Crippen LogP contribution is 2.36. The van der Waals surface area contributed by atoms with Gasteiger partial charge < -0.3 is 40.1 Å². The molecule has 2 aromatic rings. The molecule has 162 valence electrons. The number of ether oxygens (including phenoxy) is 2. The Hall–Kier alpha value is -2.69. The summed E-state index contributed by atoms with van der Waals surface area (Å²) in [6.45, 7) is -0.654. The van der Waals surface area contributed by atoms with Gasteiger partial charge in [-0.1, -0.05) is 30.3 Å². The molecular weight excluding hydrogens is 396 g/mol. The fraction of sp³-hybridized carbons (Fsp3) is 0.381. The number of hydrogen-bond acceptors (Lipinski definition) is 9. The minimum Gasteiger partial charge on any atom is -0.508 e. The van der Waals surface area contributed by atoms with Gasteiger partial charge in [0.1, 0.15) is 47.2 Å². The van der Waals surface area contributed by atoms with Crippen molar-refractivity contribution in [2.45, 2.75) is 43.5 Å². The number of Topliss-reactive ketones (excluding diaryl/α,β-unsaturated/α-hetero) is 1. The molecule has 3 rings (SSSR count). The maximum atomic E-state index is 12.8. The minimum atomic E-state index is -1.71. The molecule has 1 aliphatic heterocycles. The third-order valence-corrected chi connectivity index (χ3v) is 4.92. The molecule has 0 saturated carbocycles. The van der Waals surface area contributed by atoms with E-state index in [0.29, 0.717) is 6.42 Å². The van der Waals surface area contributed by atoms with Gasteiger partial charge in [0.05, 0.1) is 6.61 Å². The van der Waals surface area contributed by atoms with Crippen LogP contribution in [0.3, 0.4) is 0 Å². The van der Waals surface area contributed by atoms with Gasteiger partial charge in [-0.05, 0) is 12.0 Å². The lowest BCUT2D eigenvalue weighted by molar-refractivity contribution is -0.277. The van der Waals surface area contributed by atoms with Crippen LogP contribution in [-0.2, 0) is 11.2 Å². The molecular formula is C21H24O9. The van der Waals surface area contributed by atoms with Crippen LogP contribution in [0, 0.1) is 0 Å². The Bertz CT molecular complexity index is 868. The SMILES string of the molecule is O=C(CCc1ccccc1)c1c(O)cc(O)cc1O[C@H]1O[C@H](CO)[C@@H](O)[C@@H](O)[C@H]1O. The number of carbonyl (C=O) groups excluding carboxylic acids is 1. The molecule has 1 aliphatic rings. The first-order chi connectivity index (χ1) is 14.3. The van der Waals surface area contributed by atoms with Gasteiger partial charge in [-0.3, -0.25) is 4.79 Å². The van der Waals surface area contributed by atoms with E-state index in [-0.39, 0.29) is 17.7 Å². The Morgan fingerprint density at radius 3 is 2.37 bits per heavy atom. The molecule has 1 fully saturated rings. The second-order valence-electron chi connectivity index (χ2n) is 7.06. The molecule has 5 atom stereocenters. The highest BCUT2D eigenvalue weighted by atomic mass is 16.7. The average molecular weight is 420 g/mol. The average Bonchev–Trinajstić information content (AvgIpc) is 2.72. The predicted molar refractivity (Wildman–Crippen MR) is 103 cm³/mol. The molecule has 1 heterocycles. The Labute approximate surface area is 172 Å². The van der Waals surface area contributed by atoms with Crippen LogP contribution in [0.4, 0.5) is 0 Å². The number of aryl methyl sites for hydroxylation is 1. The van der Waals surface area contributed by atoms with Crippen molar-refractivity contribution >= 4 is 5.78 Å². The number of phenols is 2. The Kier molecular flexibility index (Phi) is 6.91. The molecule has 9 heteroatoms. The van der Waals surface area contributed by atoms with Gasteiger partial charge in [-0.25, -0.2) is 0 Å². The number of aromatic hydroxyl groups is 2. The van der Waals surface area contributed by atoms with Crippen LogP contribution < -0.4 is 4.74 Å². The second kappa shape index (κ2) is 9.41. The summed E-state index contributed by atoms with van der Waals surface area (Å²) < 4.78 is 10.8. The van der Waals surface area contributed by atoms with E-state index >= 15 is 0 Å². The molecule has 6 N–H and O–H groups in total. The molecule has 0 aromatic heterocycles. The van der Waals surface area contributed by atoms with Gasteiger partial charge in [-0.2, -0.15) is 0 Å². The first kappa shape index (κ1) is 22.0. The smallest absolute Gasteiger partial charge is 0.229 e. The molecule has 30 heavy (non-hydrogen) atoms. The van der Waals surface area contributed by atoms with Crippen LogP contribution in [0.15, 0.2) is 42.5 Å². The largest absolute Gasteiger partial charge is 0.508 e. The van der Waals surface area contributed by atoms with Crippen LogP contribution in [0.5, 0.6) is 17.2 Å². The fourth-order valence-electron chi connectivity index (χ4n) is 3.28. The summed E-state index contributed by atoms with van der Waals surface area (Å²) in [6, 6.07) is 11.3. The molecule has 0 radical (unpaired) electrons. The van der Waals surface area contributed by atoms with Crippen molar-refractivity contribution in [2.24, 2.45) is 0 Å². The van der Waals surface area contributed by atoms with Crippen molar-refractivity contribution in [3.63, 3.8) is 0 Å². The van der Waals surface area contributed by atoms with Crippen molar-refractivity contribution in [3.8, 4) is 17.2 Å². The van der Waals surface area contributed by atoms with Crippen molar-refractivity contribution < 1.29 is 44.9 Å². The number of aliphatic hydroxyl groups excluding tert-OH is 4. The third-order valence-electron chi connectivity index (χ3n) is 4.92. The van der Waals surface area contributed by atoms with E-state index in [4.69, 9.17) is 9.47 Å². The number of aliphatic hydroxyl groups is 4. The molecule has 0 spiro atoms.